The Morgan fingerprint density at radius 2 is 2.33 bits per heavy atom. The van der Waals surface area contributed by atoms with Crippen molar-refractivity contribution in [3.05, 3.63) is 0 Å². The number of likely N-dealkylation sites (tertiary alicyclic amines) is 1. The van der Waals surface area contributed by atoms with Crippen LogP contribution in [0.3, 0.4) is 0 Å². The lowest BCUT2D eigenvalue weighted by Crippen LogP contribution is -2.39. The predicted molar refractivity (Wildman–Crippen MR) is 64.2 cm³/mol. The summed E-state index contributed by atoms with van der Waals surface area (Å²) < 4.78 is 5.09. The van der Waals surface area contributed by atoms with Crippen LogP contribution in [0.4, 0.5) is 0 Å². The van der Waals surface area contributed by atoms with Gasteiger partial charge in [-0.1, -0.05) is 6.92 Å². The first-order valence-electron chi connectivity index (χ1n) is 6.24. The molecule has 0 radical (unpaired) electrons. The standard InChI is InChI=1S/C12H26N2O/c1-4-12-6-5-8-14(12)9-7-13-11(2)10-15-3/h11-13H,4-10H2,1-3H3. The molecule has 0 aromatic heterocycles. The molecule has 3 nitrogen and oxygen atoms in total. The first-order valence-corrected chi connectivity index (χ1v) is 6.24. The lowest BCUT2D eigenvalue weighted by molar-refractivity contribution is 0.168. The van der Waals surface area contributed by atoms with Crippen LogP contribution >= 0.6 is 0 Å². The topological polar surface area (TPSA) is 24.5 Å². The van der Waals surface area contributed by atoms with Crippen molar-refractivity contribution < 1.29 is 4.74 Å². The third kappa shape index (κ3) is 4.49. The third-order valence-corrected chi connectivity index (χ3v) is 3.28. The van der Waals surface area contributed by atoms with Crippen LogP contribution in [0.15, 0.2) is 0 Å². The van der Waals surface area contributed by atoms with E-state index in [0.717, 1.165) is 19.2 Å². The lowest BCUT2D eigenvalue weighted by atomic mass is 10.2. The highest BCUT2D eigenvalue weighted by Gasteiger charge is 2.21. The molecule has 1 rings (SSSR count). The molecule has 3 heteroatoms. The van der Waals surface area contributed by atoms with Gasteiger partial charge in [0.25, 0.3) is 0 Å². The minimum Gasteiger partial charge on any atom is -0.383 e. The maximum absolute atomic E-state index is 5.09. The Kier molecular flexibility index (Phi) is 6.22. The summed E-state index contributed by atoms with van der Waals surface area (Å²) in [6.45, 7) is 8.83. The highest BCUT2D eigenvalue weighted by molar-refractivity contribution is 4.78. The highest BCUT2D eigenvalue weighted by atomic mass is 16.5. The first-order chi connectivity index (χ1) is 7.27. The van der Waals surface area contributed by atoms with Gasteiger partial charge in [-0.15, -0.1) is 0 Å². The summed E-state index contributed by atoms with van der Waals surface area (Å²) in [4.78, 5) is 2.62. The summed E-state index contributed by atoms with van der Waals surface area (Å²) in [5.74, 6) is 0. The van der Waals surface area contributed by atoms with Crippen molar-refractivity contribution in [2.45, 2.75) is 45.2 Å². The zero-order valence-electron chi connectivity index (χ0n) is 10.5. The quantitative estimate of drug-likeness (QED) is 0.695. The number of nitrogens with zero attached hydrogens (tertiary/aromatic N) is 1. The second kappa shape index (κ2) is 7.20. The number of nitrogens with one attached hydrogen (secondary N) is 1. The Balaban J connectivity index is 2.08. The molecule has 1 saturated heterocycles. The van der Waals surface area contributed by atoms with Crippen LogP contribution in [0.5, 0.6) is 0 Å². The molecule has 1 aliphatic heterocycles. The fourth-order valence-corrected chi connectivity index (χ4v) is 2.42. The molecule has 1 aliphatic rings. The van der Waals surface area contributed by atoms with Crippen LogP contribution in [-0.2, 0) is 4.74 Å². The monoisotopic (exact) mass is 214 g/mol. The minimum atomic E-state index is 0.470. The molecular weight excluding hydrogens is 188 g/mol. The molecule has 2 unspecified atom stereocenters. The summed E-state index contributed by atoms with van der Waals surface area (Å²) >= 11 is 0. The Morgan fingerprint density at radius 1 is 1.53 bits per heavy atom. The molecule has 0 aromatic carbocycles. The number of methoxy groups -OCH3 is 1. The number of hydrogen-bond acceptors (Lipinski definition) is 3. The van der Waals surface area contributed by atoms with Gasteiger partial charge in [0.1, 0.15) is 0 Å². The number of hydrogen-bond donors (Lipinski definition) is 1. The normalized spacial score (nSPS) is 24.6. The average Bonchev–Trinajstić information content (AvgIpc) is 2.66. The summed E-state index contributed by atoms with van der Waals surface area (Å²) in [6.07, 6.45) is 4.07. The van der Waals surface area contributed by atoms with Gasteiger partial charge in [0.05, 0.1) is 6.61 Å². The number of ether oxygens (including phenoxy) is 1. The lowest BCUT2D eigenvalue weighted by Gasteiger charge is -2.24. The molecule has 2 atom stereocenters. The van der Waals surface area contributed by atoms with E-state index in [1.807, 2.05) is 0 Å². The molecule has 90 valence electrons. The molecule has 1 fully saturated rings. The Bertz CT molecular complexity index is 164. The molecule has 0 aliphatic carbocycles. The summed E-state index contributed by atoms with van der Waals surface area (Å²) in [7, 11) is 1.76. The third-order valence-electron chi connectivity index (χ3n) is 3.28. The maximum atomic E-state index is 5.09. The van der Waals surface area contributed by atoms with E-state index >= 15 is 0 Å². The van der Waals surface area contributed by atoms with E-state index in [0.29, 0.717) is 6.04 Å². The van der Waals surface area contributed by atoms with Crippen molar-refractivity contribution in [1.29, 1.82) is 0 Å². The maximum Gasteiger partial charge on any atom is 0.0613 e. The van der Waals surface area contributed by atoms with Crippen LogP contribution in [0.2, 0.25) is 0 Å². The predicted octanol–water partition coefficient (Wildman–Crippen LogP) is 1.49. The van der Waals surface area contributed by atoms with E-state index in [-0.39, 0.29) is 0 Å². The van der Waals surface area contributed by atoms with Gasteiger partial charge in [-0.2, -0.15) is 0 Å². The van der Waals surface area contributed by atoms with E-state index in [1.54, 1.807) is 7.11 Å². The van der Waals surface area contributed by atoms with Gasteiger partial charge in [0.2, 0.25) is 0 Å². The van der Waals surface area contributed by atoms with E-state index in [4.69, 9.17) is 4.74 Å². The average molecular weight is 214 g/mol. The second-order valence-corrected chi connectivity index (χ2v) is 4.55. The van der Waals surface area contributed by atoms with Gasteiger partial charge in [0, 0.05) is 32.3 Å². The highest BCUT2D eigenvalue weighted by Crippen LogP contribution is 2.18. The van der Waals surface area contributed by atoms with Crippen molar-refractivity contribution >= 4 is 0 Å². The van der Waals surface area contributed by atoms with Crippen molar-refractivity contribution in [2.24, 2.45) is 0 Å². The molecule has 0 saturated carbocycles. The fraction of sp³-hybridized carbons (Fsp3) is 1.00. The summed E-state index contributed by atoms with van der Waals surface area (Å²) in [5.41, 5.74) is 0. The van der Waals surface area contributed by atoms with Crippen LogP contribution in [-0.4, -0.2) is 50.3 Å². The van der Waals surface area contributed by atoms with Crippen molar-refractivity contribution in [3.63, 3.8) is 0 Å². The molecule has 1 heterocycles. The Morgan fingerprint density at radius 3 is 3.00 bits per heavy atom. The molecule has 0 bridgehead atoms. The summed E-state index contributed by atoms with van der Waals surface area (Å²) in [6, 6.07) is 1.31. The Labute approximate surface area is 94.2 Å². The van der Waals surface area contributed by atoms with E-state index < -0.39 is 0 Å². The SMILES string of the molecule is CCC1CCCN1CCNC(C)COC. The van der Waals surface area contributed by atoms with Crippen LogP contribution in [0.25, 0.3) is 0 Å². The van der Waals surface area contributed by atoms with Crippen LogP contribution in [0, 0.1) is 0 Å². The first kappa shape index (κ1) is 12.9. The zero-order chi connectivity index (χ0) is 11.1. The Hall–Kier alpha value is -0.120. The van der Waals surface area contributed by atoms with Gasteiger partial charge in [-0.3, -0.25) is 4.90 Å². The van der Waals surface area contributed by atoms with Gasteiger partial charge < -0.3 is 10.1 Å². The minimum absolute atomic E-state index is 0.470. The van der Waals surface area contributed by atoms with Crippen LogP contribution < -0.4 is 5.32 Å². The summed E-state index contributed by atoms with van der Waals surface area (Å²) in [5, 5.41) is 3.49. The van der Waals surface area contributed by atoms with Gasteiger partial charge >= 0.3 is 0 Å². The van der Waals surface area contributed by atoms with Gasteiger partial charge in [-0.25, -0.2) is 0 Å². The van der Waals surface area contributed by atoms with Crippen molar-refractivity contribution in [2.75, 3.05) is 33.4 Å². The van der Waals surface area contributed by atoms with Gasteiger partial charge in [0.15, 0.2) is 0 Å². The van der Waals surface area contributed by atoms with Crippen molar-refractivity contribution in [1.82, 2.24) is 10.2 Å². The molecule has 15 heavy (non-hydrogen) atoms. The second-order valence-electron chi connectivity index (χ2n) is 4.55. The molecule has 0 amide bonds. The van der Waals surface area contributed by atoms with E-state index in [2.05, 4.69) is 24.1 Å². The largest absolute Gasteiger partial charge is 0.383 e. The zero-order valence-corrected chi connectivity index (χ0v) is 10.5. The van der Waals surface area contributed by atoms with E-state index in [1.165, 1.54) is 32.4 Å². The fourth-order valence-electron chi connectivity index (χ4n) is 2.42. The van der Waals surface area contributed by atoms with Gasteiger partial charge in [-0.05, 0) is 32.7 Å². The smallest absolute Gasteiger partial charge is 0.0613 e. The molecule has 1 N–H and O–H groups in total. The number of rotatable bonds is 7. The van der Waals surface area contributed by atoms with Crippen molar-refractivity contribution in [3.8, 4) is 0 Å². The molecule has 0 spiro atoms. The van der Waals surface area contributed by atoms with Crippen LogP contribution in [0.1, 0.15) is 33.1 Å². The molecular formula is C12H26N2O. The molecule has 0 aromatic rings. The van der Waals surface area contributed by atoms with E-state index in [9.17, 15) is 0 Å².